The molecule has 3 rings (SSSR count). The molecule has 0 heterocycles. The molecule has 0 fully saturated rings. The molecule has 8 nitrogen and oxygen atoms in total. The number of nitrogens with one attached hydrogen (secondary N) is 2. The summed E-state index contributed by atoms with van der Waals surface area (Å²) in [6, 6.07) is 16.4. The lowest BCUT2D eigenvalue weighted by Crippen LogP contribution is -2.47. The molecule has 0 unspecified atom stereocenters. The Bertz CT molecular complexity index is 1080. The topological polar surface area (TPSA) is 139 Å². The van der Waals surface area contributed by atoms with Crippen LogP contribution in [0.4, 0.5) is 0 Å². The highest BCUT2D eigenvalue weighted by atomic mass is 16.3. The van der Waals surface area contributed by atoms with E-state index in [1.807, 2.05) is 6.07 Å². The van der Waals surface area contributed by atoms with Crippen molar-refractivity contribution in [3.8, 4) is 23.0 Å². The highest BCUT2D eigenvalue weighted by Crippen LogP contribution is 2.29. The Morgan fingerprint density at radius 3 is 2.13 bits per heavy atom. The van der Waals surface area contributed by atoms with Gasteiger partial charge in [-0.15, -0.1) is 0 Å². The number of phenolic OH excluding ortho intramolecular Hbond substituents is 4. The van der Waals surface area contributed by atoms with Gasteiger partial charge in [-0.1, -0.05) is 48.5 Å². The zero-order chi connectivity index (χ0) is 22.4. The quantitative estimate of drug-likeness (QED) is 0.323. The van der Waals surface area contributed by atoms with E-state index in [4.69, 9.17) is 0 Å². The highest BCUT2D eigenvalue weighted by molar-refractivity contribution is 6.00. The number of carbonyl (C=O) groups excluding carboxylic acids is 2. The van der Waals surface area contributed by atoms with Gasteiger partial charge in [-0.05, 0) is 23.8 Å². The van der Waals surface area contributed by atoms with Gasteiger partial charge in [0.15, 0.2) is 23.0 Å². The third kappa shape index (κ3) is 5.24. The lowest BCUT2D eigenvalue weighted by Gasteiger charge is -2.19. The van der Waals surface area contributed by atoms with Crippen LogP contribution in [0.5, 0.6) is 23.0 Å². The summed E-state index contributed by atoms with van der Waals surface area (Å²) in [5.74, 6) is -2.93. The van der Waals surface area contributed by atoms with Crippen molar-refractivity contribution in [1.29, 1.82) is 0 Å². The van der Waals surface area contributed by atoms with Crippen molar-refractivity contribution in [3.63, 3.8) is 0 Å². The number of rotatable bonds is 7. The molecular formula is C23H22N2O6. The lowest BCUT2D eigenvalue weighted by atomic mass is 10.0. The van der Waals surface area contributed by atoms with E-state index in [0.717, 1.165) is 5.56 Å². The molecule has 3 aromatic rings. The van der Waals surface area contributed by atoms with E-state index in [1.165, 1.54) is 30.3 Å². The molecule has 0 aliphatic carbocycles. The van der Waals surface area contributed by atoms with Crippen LogP contribution < -0.4 is 10.6 Å². The Labute approximate surface area is 178 Å². The van der Waals surface area contributed by atoms with Gasteiger partial charge in [0.1, 0.15) is 6.04 Å². The van der Waals surface area contributed by atoms with Crippen LogP contribution in [0, 0.1) is 0 Å². The molecule has 160 valence electrons. The van der Waals surface area contributed by atoms with E-state index in [0.29, 0.717) is 5.56 Å². The van der Waals surface area contributed by atoms with Gasteiger partial charge in [-0.2, -0.15) is 0 Å². The Balaban J connectivity index is 1.78. The summed E-state index contributed by atoms with van der Waals surface area (Å²) in [4.78, 5) is 25.5. The summed E-state index contributed by atoms with van der Waals surface area (Å²) in [6.45, 7) is -0.0718. The maximum atomic E-state index is 12.9. The molecule has 0 saturated heterocycles. The number of phenols is 4. The third-order valence-corrected chi connectivity index (χ3v) is 4.72. The van der Waals surface area contributed by atoms with Crippen molar-refractivity contribution in [2.75, 3.05) is 0 Å². The predicted molar refractivity (Wildman–Crippen MR) is 113 cm³/mol. The Morgan fingerprint density at radius 2 is 1.42 bits per heavy atom. The van der Waals surface area contributed by atoms with Crippen LogP contribution in [0.1, 0.15) is 21.5 Å². The number of amides is 2. The fraction of sp³-hybridized carbons (Fsp3) is 0.130. The van der Waals surface area contributed by atoms with Gasteiger partial charge in [0.05, 0.1) is 5.56 Å². The maximum Gasteiger partial charge on any atom is 0.255 e. The number of hydrogen-bond acceptors (Lipinski definition) is 6. The first-order chi connectivity index (χ1) is 14.9. The fourth-order valence-corrected chi connectivity index (χ4v) is 3.04. The molecule has 3 aromatic carbocycles. The molecule has 0 aliphatic rings. The van der Waals surface area contributed by atoms with E-state index in [1.54, 1.807) is 30.3 Å². The normalized spacial score (nSPS) is 11.5. The standard InChI is InChI=1S/C23H22N2O6/c26-18-10-4-8-15(20(18)28)13-24-23(31)17(12-14-6-2-1-3-7-14)25-22(30)16-9-5-11-19(27)21(16)29/h1-11,17,26-29H,12-13H2,(H,24,31)(H,25,30)/t17-/m1/s1. The number of carbonyl (C=O) groups is 2. The number of hydrogen-bond donors (Lipinski definition) is 6. The summed E-state index contributed by atoms with van der Waals surface area (Å²) in [5.41, 5.74) is 0.934. The van der Waals surface area contributed by atoms with Crippen molar-refractivity contribution in [1.82, 2.24) is 10.6 Å². The van der Waals surface area contributed by atoms with Crippen molar-refractivity contribution in [2.45, 2.75) is 19.0 Å². The minimum absolute atomic E-state index is 0.0718. The molecule has 0 saturated carbocycles. The molecule has 0 aliphatic heterocycles. The van der Waals surface area contributed by atoms with E-state index in [-0.39, 0.29) is 30.0 Å². The number of benzene rings is 3. The smallest absolute Gasteiger partial charge is 0.255 e. The zero-order valence-corrected chi connectivity index (χ0v) is 16.4. The predicted octanol–water partition coefficient (Wildman–Crippen LogP) is 2.17. The van der Waals surface area contributed by atoms with Gasteiger partial charge < -0.3 is 31.1 Å². The Hall–Kier alpha value is -4.20. The number of aromatic hydroxyl groups is 4. The minimum atomic E-state index is -1.00. The molecule has 1 atom stereocenters. The van der Waals surface area contributed by atoms with E-state index < -0.39 is 29.4 Å². The summed E-state index contributed by atoms with van der Waals surface area (Å²) >= 11 is 0. The number of para-hydroxylation sites is 2. The average molecular weight is 422 g/mol. The van der Waals surface area contributed by atoms with Crippen LogP contribution in [0.2, 0.25) is 0 Å². The molecule has 31 heavy (non-hydrogen) atoms. The van der Waals surface area contributed by atoms with Crippen molar-refractivity contribution >= 4 is 11.8 Å². The van der Waals surface area contributed by atoms with Gasteiger partial charge in [-0.25, -0.2) is 0 Å². The average Bonchev–Trinajstić information content (AvgIpc) is 2.76. The fourth-order valence-electron chi connectivity index (χ4n) is 3.04. The van der Waals surface area contributed by atoms with Crippen LogP contribution in [0.25, 0.3) is 0 Å². The van der Waals surface area contributed by atoms with E-state index in [2.05, 4.69) is 10.6 Å². The second kappa shape index (κ2) is 9.53. The second-order valence-corrected chi connectivity index (χ2v) is 6.89. The van der Waals surface area contributed by atoms with Crippen LogP contribution in [0.15, 0.2) is 66.7 Å². The van der Waals surface area contributed by atoms with Crippen molar-refractivity contribution in [3.05, 3.63) is 83.4 Å². The molecule has 0 bridgehead atoms. The van der Waals surface area contributed by atoms with Crippen LogP contribution in [0.3, 0.4) is 0 Å². The summed E-state index contributed by atoms with van der Waals surface area (Å²) in [6.07, 6.45) is 0.171. The molecule has 8 heteroatoms. The van der Waals surface area contributed by atoms with Gasteiger partial charge in [-0.3, -0.25) is 9.59 Å². The lowest BCUT2D eigenvalue weighted by molar-refractivity contribution is -0.123. The van der Waals surface area contributed by atoms with Crippen LogP contribution in [-0.2, 0) is 17.8 Å². The minimum Gasteiger partial charge on any atom is -0.504 e. The van der Waals surface area contributed by atoms with Crippen LogP contribution in [-0.4, -0.2) is 38.3 Å². The van der Waals surface area contributed by atoms with Crippen molar-refractivity contribution < 1.29 is 30.0 Å². The van der Waals surface area contributed by atoms with Gasteiger partial charge in [0.25, 0.3) is 5.91 Å². The molecule has 0 radical (unpaired) electrons. The first-order valence-electron chi connectivity index (χ1n) is 9.50. The summed E-state index contributed by atoms with van der Waals surface area (Å²) in [5, 5.41) is 44.3. The highest BCUT2D eigenvalue weighted by Gasteiger charge is 2.24. The molecule has 2 amide bonds. The second-order valence-electron chi connectivity index (χ2n) is 6.89. The Morgan fingerprint density at radius 1 is 0.774 bits per heavy atom. The van der Waals surface area contributed by atoms with Gasteiger partial charge >= 0.3 is 0 Å². The maximum absolute atomic E-state index is 12.9. The van der Waals surface area contributed by atoms with Crippen LogP contribution >= 0.6 is 0 Å². The first kappa shape index (κ1) is 21.5. The molecular weight excluding hydrogens is 400 g/mol. The summed E-state index contributed by atoms with van der Waals surface area (Å²) in [7, 11) is 0. The molecule has 0 aromatic heterocycles. The summed E-state index contributed by atoms with van der Waals surface area (Å²) < 4.78 is 0. The monoisotopic (exact) mass is 422 g/mol. The SMILES string of the molecule is O=C(N[C@H](Cc1ccccc1)C(=O)NCc1cccc(O)c1O)c1cccc(O)c1O. The Kier molecular flexibility index (Phi) is 6.61. The zero-order valence-electron chi connectivity index (χ0n) is 16.4. The first-order valence-corrected chi connectivity index (χ1v) is 9.50. The van der Waals surface area contributed by atoms with Gasteiger partial charge in [0, 0.05) is 18.5 Å². The third-order valence-electron chi connectivity index (χ3n) is 4.72. The van der Waals surface area contributed by atoms with E-state index in [9.17, 15) is 30.0 Å². The largest absolute Gasteiger partial charge is 0.504 e. The van der Waals surface area contributed by atoms with Gasteiger partial charge in [0.2, 0.25) is 5.91 Å². The van der Waals surface area contributed by atoms with E-state index >= 15 is 0 Å². The molecule has 6 N–H and O–H groups in total. The van der Waals surface area contributed by atoms with Crippen molar-refractivity contribution in [2.24, 2.45) is 0 Å². The molecule has 0 spiro atoms.